The van der Waals surface area contributed by atoms with Crippen molar-refractivity contribution in [3.63, 3.8) is 0 Å². The van der Waals surface area contributed by atoms with Crippen LogP contribution in [-0.4, -0.2) is 67.7 Å². The van der Waals surface area contributed by atoms with Crippen LogP contribution < -0.4 is 4.72 Å². The molecule has 2 fully saturated rings. The van der Waals surface area contributed by atoms with Gasteiger partial charge in [-0.1, -0.05) is 12.5 Å². The summed E-state index contributed by atoms with van der Waals surface area (Å²) in [7, 11) is -1.45. The Kier molecular flexibility index (Phi) is 6.06. The van der Waals surface area contributed by atoms with E-state index in [1.165, 1.54) is 45.2 Å². The van der Waals surface area contributed by atoms with E-state index in [2.05, 4.69) is 9.62 Å². The first-order valence-corrected chi connectivity index (χ1v) is 12.7. The Labute approximate surface area is 179 Å². The molecular formula is C22H32N4O3S. The number of carbonyl (C=O) groups excluding carboxylic acids is 1. The molecule has 0 aliphatic carbocycles. The van der Waals surface area contributed by atoms with E-state index in [4.69, 9.17) is 0 Å². The van der Waals surface area contributed by atoms with Crippen molar-refractivity contribution in [1.82, 2.24) is 14.4 Å². The van der Waals surface area contributed by atoms with Crippen LogP contribution in [-0.2, 0) is 21.4 Å². The number of nitrogens with zero attached hydrogens (tertiary/aromatic N) is 3. The Balaban J connectivity index is 1.44. The van der Waals surface area contributed by atoms with E-state index in [1.807, 2.05) is 34.8 Å². The van der Waals surface area contributed by atoms with Gasteiger partial charge in [0.15, 0.2) is 0 Å². The lowest BCUT2D eigenvalue weighted by molar-refractivity contribution is -0.131. The minimum atomic E-state index is -3.36. The Morgan fingerprint density at radius 3 is 2.77 bits per heavy atom. The number of fused-ring (bicyclic) bond motifs is 2. The molecule has 30 heavy (non-hydrogen) atoms. The highest BCUT2D eigenvalue weighted by Crippen LogP contribution is 2.31. The molecule has 8 heteroatoms. The summed E-state index contributed by atoms with van der Waals surface area (Å²) in [6.07, 6.45) is 9.27. The van der Waals surface area contributed by atoms with E-state index in [0.29, 0.717) is 17.6 Å². The molecule has 2 aliphatic heterocycles. The van der Waals surface area contributed by atoms with Gasteiger partial charge in [0.1, 0.15) is 6.54 Å². The maximum absolute atomic E-state index is 13.0. The first-order chi connectivity index (χ1) is 14.3. The number of amides is 1. The summed E-state index contributed by atoms with van der Waals surface area (Å²) in [5.74, 6) is 0.641. The van der Waals surface area contributed by atoms with E-state index in [1.54, 1.807) is 12.1 Å². The van der Waals surface area contributed by atoms with Crippen LogP contribution in [0.25, 0.3) is 10.9 Å². The van der Waals surface area contributed by atoms with Gasteiger partial charge in [0, 0.05) is 31.2 Å². The number of hydrogen-bond acceptors (Lipinski definition) is 4. The summed E-state index contributed by atoms with van der Waals surface area (Å²) >= 11 is 0. The van der Waals surface area contributed by atoms with Crippen molar-refractivity contribution < 1.29 is 13.2 Å². The van der Waals surface area contributed by atoms with E-state index < -0.39 is 10.0 Å². The second kappa shape index (κ2) is 8.59. The molecule has 2 aromatic rings. The fourth-order valence-corrected chi connectivity index (χ4v) is 5.74. The van der Waals surface area contributed by atoms with Gasteiger partial charge in [-0.2, -0.15) is 0 Å². The summed E-state index contributed by atoms with van der Waals surface area (Å²) < 4.78 is 27.7. The van der Waals surface area contributed by atoms with E-state index >= 15 is 0 Å². The van der Waals surface area contributed by atoms with E-state index in [-0.39, 0.29) is 12.5 Å². The average molecular weight is 433 g/mol. The molecule has 2 saturated heterocycles. The van der Waals surface area contributed by atoms with Crippen molar-refractivity contribution in [2.45, 2.75) is 44.7 Å². The van der Waals surface area contributed by atoms with Gasteiger partial charge in [0.05, 0.1) is 17.5 Å². The molecule has 2 aliphatic rings. The zero-order valence-electron chi connectivity index (χ0n) is 17.9. The Morgan fingerprint density at radius 1 is 1.17 bits per heavy atom. The summed E-state index contributed by atoms with van der Waals surface area (Å²) in [5, 5.41) is 0.795. The Bertz CT molecular complexity index is 1010. The van der Waals surface area contributed by atoms with Crippen LogP contribution in [0.15, 0.2) is 30.5 Å². The maximum atomic E-state index is 13.0. The number of nitrogens with one attached hydrogen (secondary N) is 1. The molecule has 0 bridgehead atoms. The lowest BCUT2D eigenvalue weighted by Crippen LogP contribution is -2.51. The highest BCUT2D eigenvalue weighted by atomic mass is 32.2. The van der Waals surface area contributed by atoms with Crippen molar-refractivity contribution in [3.05, 3.63) is 30.5 Å². The number of benzene rings is 1. The van der Waals surface area contributed by atoms with Crippen molar-refractivity contribution in [2.75, 3.05) is 37.7 Å². The van der Waals surface area contributed by atoms with E-state index in [0.717, 1.165) is 23.7 Å². The number of anilines is 1. The van der Waals surface area contributed by atoms with Crippen LogP contribution >= 0.6 is 0 Å². The number of sulfonamides is 1. The second-order valence-corrected chi connectivity index (χ2v) is 10.6. The molecule has 0 radical (unpaired) electrons. The molecule has 4 rings (SSSR count). The van der Waals surface area contributed by atoms with Crippen molar-refractivity contribution in [2.24, 2.45) is 5.92 Å². The molecule has 2 atom stereocenters. The van der Waals surface area contributed by atoms with Crippen molar-refractivity contribution in [3.8, 4) is 0 Å². The molecule has 1 amide bonds. The predicted octanol–water partition coefficient (Wildman–Crippen LogP) is 2.74. The zero-order valence-corrected chi connectivity index (χ0v) is 18.7. The number of piperidine rings is 2. The minimum Gasteiger partial charge on any atom is -0.344 e. The fourth-order valence-electron chi connectivity index (χ4n) is 5.16. The van der Waals surface area contributed by atoms with Crippen LogP contribution in [0.1, 0.15) is 32.1 Å². The van der Waals surface area contributed by atoms with Gasteiger partial charge in [0.2, 0.25) is 15.9 Å². The van der Waals surface area contributed by atoms with Crippen LogP contribution in [0.4, 0.5) is 5.69 Å². The van der Waals surface area contributed by atoms with E-state index in [9.17, 15) is 13.2 Å². The largest absolute Gasteiger partial charge is 0.344 e. The molecule has 1 aromatic carbocycles. The highest BCUT2D eigenvalue weighted by molar-refractivity contribution is 7.92. The highest BCUT2D eigenvalue weighted by Gasteiger charge is 2.34. The van der Waals surface area contributed by atoms with Gasteiger partial charge in [0.25, 0.3) is 0 Å². The Hall–Kier alpha value is -2.06. The Morgan fingerprint density at radius 2 is 1.97 bits per heavy atom. The van der Waals surface area contributed by atoms with Gasteiger partial charge < -0.3 is 14.4 Å². The third kappa shape index (κ3) is 4.64. The number of likely N-dealkylation sites (N-methyl/N-ethyl adjacent to an activating group) is 1. The topological polar surface area (TPSA) is 74.7 Å². The molecule has 0 spiro atoms. The molecule has 164 valence electrons. The predicted molar refractivity (Wildman–Crippen MR) is 120 cm³/mol. The molecule has 2 unspecified atom stereocenters. The fraction of sp³-hybridized carbons (Fsp3) is 0.591. The maximum Gasteiger partial charge on any atom is 0.242 e. The lowest BCUT2D eigenvalue weighted by Gasteiger charge is -2.45. The molecule has 7 nitrogen and oxygen atoms in total. The zero-order chi connectivity index (χ0) is 21.3. The van der Waals surface area contributed by atoms with Gasteiger partial charge in [-0.25, -0.2) is 8.42 Å². The molecule has 1 aromatic heterocycles. The summed E-state index contributed by atoms with van der Waals surface area (Å²) in [5.41, 5.74) is 1.38. The first kappa shape index (κ1) is 21.2. The number of aromatic nitrogens is 1. The SMILES string of the molecule is CN(CC1CCCN2CCCCC12)C(=O)Cn1ccc2c(NS(C)(=O)=O)cccc21. The number of hydrogen-bond donors (Lipinski definition) is 1. The third-order valence-electron chi connectivity index (χ3n) is 6.58. The van der Waals surface area contributed by atoms with Crippen LogP contribution in [0.3, 0.4) is 0 Å². The van der Waals surface area contributed by atoms with Gasteiger partial charge in [-0.3, -0.25) is 9.52 Å². The first-order valence-electron chi connectivity index (χ1n) is 10.9. The van der Waals surface area contributed by atoms with Crippen LogP contribution in [0.5, 0.6) is 0 Å². The quantitative estimate of drug-likeness (QED) is 0.762. The monoisotopic (exact) mass is 432 g/mol. The standard InChI is InChI=1S/C22H32N4O3S/c1-24(15-17-7-6-13-25-12-4-3-9-20(17)25)22(27)16-26-14-11-18-19(23-30(2,28)29)8-5-10-21(18)26/h5,8,10-11,14,17,20,23H,3-4,6-7,9,12-13,15-16H2,1-2H3. The smallest absolute Gasteiger partial charge is 0.242 e. The molecular weight excluding hydrogens is 400 g/mol. The summed E-state index contributed by atoms with van der Waals surface area (Å²) in [4.78, 5) is 17.5. The van der Waals surface area contributed by atoms with Crippen LogP contribution in [0.2, 0.25) is 0 Å². The molecule has 1 N–H and O–H groups in total. The van der Waals surface area contributed by atoms with Crippen molar-refractivity contribution in [1.29, 1.82) is 0 Å². The summed E-state index contributed by atoms with van der Waals surface area (Å²) in [6.45, 7) is 3.47. The molecule has 0 saturated carbocycles. The van der Waals surface area contributed by atoms with Gasteiger partial charge in [-0.05, 0) is 62.9 Å². The lowest BCUT2D eigenvalue weighted by atomic mass is 9.83. The normalized spacial score (nSPS) is 22.6. The number of rotatable bonds is 6. The minimum absolute atomic E-state index is 0.0851. The van der Waals surface area contributed by atoms with Crippen LogP contribution in [0, 0.1) is 5.92 Å². The van der Waals surface area contributed by atoms with Crippen molar-refractivity contribution >= 4 is 32.5 Å². The molecule has 3 heterocycles. The third-order valence-corrected chi connectivity index (χ3v) is 7.17. The number of carbonyl (C=O) groups is 1. The summed E-state index contributed by atoms with van der Waals surface area (Å²) in [6, 6.07) is 7.94. The second-order valence-electron chi connectivity index (χ2n) is 8.83. The van der Waals surface area contributed by atoms with Gasteiger partial charge >= 0.3 is 0 Å². The average Bonchev–Trinajstić information content (AvgIpc) is 3.11. The van der Waals surface area contributed by atoms with Gasteiger partial charge in [-0.15, -0.1) is 0 Å².